The third-order valence-corrected chi connectivity index (χ3v) is 13.7. The molecule has 15 heteroatoms. The summed E-state index contributed by atoms with van der Waals surface area (Å²) in [4.78, 5) is 19.0. The minimum absolute atomic E-state index is 0. The van der Waals surface area contributed by atoms with Gasteiger partial charge in [0.1, 0.15) is 18.4 Å². The number of hydrogen-bond donors (Lipinski definition) is 4. The van der Waals surface area contributed by atoms with Crippen LogP contribution in [0.1, 0.15) is 61.8 Å². The summed E-state index contributed by atoms with van der Waals surface area (Å²) >= 11 is 1.48. The quantitative estimate of drug-likeness (QED) is 0.275. The topological polar surface area (TPSA) is 166 Å². The zero-order valence-electron chi connectivity index (χ0n) is 30.1. The number of aryl methyl sites for hydroxylation is 1. The number of thioether (sulfide) groups is 1. The van der Waals surface area contributed by atoms with Crippen LogP contribution < -0.4 is 24.3 Å². The largest absolute Gasteiger partial charge is 0.507 e. The first-order chi connectivity index (χ1) is 25.1. The van der Waals surface area contributed by atoms with Gasteiger partial charge in [0.25, 0.3) is 0 Å². The van der Waals surface area contributed by atoms with Crippen LogP contribution in [-0.4, -0.2) is 96.2 Å². The number of hydrogen-bond acceptors (Lipinski definition) is 14. The van der Waals surface area contributed by atoms with Gasteiger partial charge in [0.2, 0.25) is 6.79 Å². The van der Waals surface area contributed by atoms with Crippen LogP contribution in [0.5, 0.6) is 40.2 Å². The Bertz CT molecular complexity index is 2110. The van der Waals surface area contributed by atoms with E-state index in [-0.39, 0.29) is 92.3 Å². The molecular weight excluding hydrogens is 916 g/mol. The van der Waals surface area contributed by atoms with Crippen molar-refractivity contribution in [3.05, 3.63) is 62.7 Å². The Kier molecular flexibility index (Phi) is 9.23. The monoisotopic (exact) mass is 955 g/mol. The minimum atomic E-state index is -1.33. The molecule has 4 bridgehead atoms. The van der Waals surface area contributed by atoms with Gasteiger partial charge in [-0.05, 0) is 68.1 Å². The molecule has 3 aromatic carbocycles. The van der Waals surface area contributed by atoms with Crippen LogP contribution in [0.4, 0.5) is 0 Å². The van der Waals surface area contributed by atoms with Gasteiger partial charge in [-0.1, -0.05) is 6.07 Å². The van der Waals surface area contributed by atoms with Gasteiger partial charge in [-0.3, -0.25) is 15.1 Å². The summed E-state index contributed by atoms with van der Waals surface area (Å²) in [7, 11) is 5.01. The van der Waals surface area contributed by atoms with Gasteiger partial charge in [0, 0.05) is 90.7 Å². The van der Waals surface area contributed by atoms with Crippen molar-refractivity contribution >= 4 is 17.7 Å². The Morgan fingerprint density at radius 2 is 1.79 bits per heavy atom. The normalized spacial score (nSPS) is 29.5. The van der Waals surface area contributed by atoms with Gasteiger partial charge >= 0.3 is 5.97 Å². The van der Waals surface area contributed by atoms with E-state index in [2.05, 4.69) is 21.2 Å². The van der Waals surface area contributed by atoms with Crippen LogP contribution in [0.15, 0.2) is 18.2 Å². The van der Waals surface area contributed by atoms with E-state index < -0.39 is 40.9 Å². The molecule has 7 atom stereocenters. The number of methoxy groups -OCH3 is 2. The summed E-state index contributed by atoms with van der Waals surface area (Å²) in [6, 6.07) is 5.46. The molecule has 1 spiro atoms. The number of fused-ring (bicyclic) bond motifs is 9. The van der Waals surface area contributed by atoms with Crippen molar-refractivity contribution in [3.8, 4) is 46.3 Å². The zero-order chi connectivity index (χ0) is 36.4. The summed E-state index contributed by atoms with van der Waals surface area (Å²) < 4.78 is 29.7. The Morgan fingerprint density at radius 3 is 2.53 bits per heavy atom. The molecule has 7 heterocycles. The Balaban J connectivity index is 0.00000400. The standard InChI is InChI=1S/C38H40N4O9S.Ac/c1-16-8-19-9-21-22(12-39)42-23-13-49-37(46)38(20-11-25(47-4)24(43)10-18(20)6-7-40-38)14-52-36(28-27(23)35-34(50-15-51-35)17(2)31(28)44)30(42)29(41(21)3)26(19)32(45)33(16)48-5;/h8,10-11,21-23,29-30,36,40,43-45H,6-7,9,13-15H2,1-5H3;/t21-,22?,23-,29+,30?,36+,38+;/m0./s1. The third-order valence-electron chi connectivity index (χ3n) is 12.2. The van der Waals surface area contributed by atoms with Crippen LogP contribution in [0.25, 0.3) is 0 Å². The van der Waals surface area contributed by atoms with E-state index in [1.165, 1.54) is 18.9 Å². The van der Waals surface area contributed by atoms with Crippen molar-refractivity contribution in [1.82, 2.24) is 15.1 Å². The fourth-order valence-electron chi connectivity index (χ4n) is 9.92. The first-order valence-corrected chi connectivity index (χ1v) is 18.5. The van der Waals surface area contributed by atoms with Crippen LogP contribution >= 0.6 is 11.8 Å². The zero-order valence-corrected chi connectivity index (χ0v) is 35.6. The first-order valence-electron chi connectivity index (χ1n) is 17.4. The molecule has 2 saturated heterocycles. The number of nitriles is 1. The maximum absolute atomic E-state index is 14.6. The first kappa shape index (κ1) is 36.8. The number of carbonyl (C=O) groups is 1. The molecule has 0 amide bonds. The number of esters is 1. The molecule has 0 aromatic heterocycles. The van der Waals surface area contributed by atoms with Crippen molar-refractivity contribution in [2.24, 2.45) is 0 Å². The van der Waals surface area contributed by atoms with E-state index in [9.17, 15) is 25.4 Å². The number of ether oxygens (including phenoxy) is 5. The number of carbonyl (C=O) groups excluding carboxylic acids is 1. The number of rotatable bonds is 2. The average molecular weight is 956 g/mol. The van der Waals surface area contributed by atoms with E-state index in [1.807, 2.05) is 20.0 Å². The number of benzene rings is 3. The maximum atomic E-state index is 14.6. The predicted octanol–water partition coefficient (Wildman–Crippen LogP) is 3.77. The Labute approximate surface area is 347 Å². The second-order valence-electron chi connectivity index (χ2n) is 14.5. The second-order valence-corrected chi connectivity index (χ2v) is 15.6. The number of nitrogens with one attached hydrogen (secondary N) is 1. The molecule has 2 unspecified atom stereocenters. The maximum Gasteiger partial charge on any atom is 0.331 e. The van der Waals surface area contributed by atoms with Crippen LogP contribution in [0.2, 0.25) is 0 Å². The number of piperazine rings is 1. The summed E-state index contributed by atoms with van der Waals surface area (Å²) in [5, 5.41) is 48.8. The molecule has 10 rings (SSSR count). The summed E-state index contributed by atoms with van der Waals surface area (Å²) in [5.74, 6) is 1.34. The number of phenols is 3. The molecule has 0 aliphatic carbocycles. The van der Waals surface area contributed by atoms with E-state index in [0.29, 0.717) is 58.9 Å². The average Bonchev–Trinajstić information content (AvgIpc) is 3.62. The summed E-state index contributed by atoms with van der Waals surface area (Å²) in [6.45, 7) is 3.98. The molecule has 1 radical (unpaired) electrons. The molecular formula is C38H40AcN4O9S. The van der Waals surface area contributed by atoms with Gasteiger partial charge in [0.05, 0.1) is 37.6 Å². The number of phenolic OH excluding ortho intramolecular Hbond substituents is 3. The van der Waals surface area contributed by atoms with Gasteiger partial charge < -0.3 is 39.0 Å². The molecule has 0 saturated carbocycles. The number of nitrogens with zero attached hydrogens (tertiary/aromatic N) is 3. The predicted molar refractivity (Wildman–Crippen MR) is 188 cm³/mol. The van der Waals surface area contributed by atoms with E-state index >= 15 is 0 Å². The van der Waals surface area contributed by atoms with Crippen molar-refractivity contribution in [2.75, 3.05) is 47.0 Å². The Morgan fingerprint density at radius 1 is 1.02 bits per heavy atom. The van der Waals surface area contributed by atoms with Gasteiger partial charge in [-0.25, -0.2) is 4.79 Å². The number of aromatic hydroxyl groups is 3. The van der Waals surface area contributed by atoms with Crippen molar-refractivity contribution in [2.45, 2.75) is 67.7 Å². The molecule has 4 N–H and O–H groups in total. The SMILES string of the molecule is COc1cc2c(cc1O)CCN[C@]21CS[C@@H]2c3c(O)c(C)c4c(c3[C@H](COC1=O)N1C2[C@H]2c3c(cc(C)c(OC)c3O)C[C@@H](C1C#N)N2C)OCO4.[Ac]. The molecule has 275 valence electrons. The summed E-state index contributed by atoms with van der Waals surface area (Å²) in [5.41, 5.74) is 4.43. The van der Waals surface area contributed by atoms with Gasteiger partial charge in [-0.15, -0.1) is 11.8 Å². The summed E-state index contributed by atoms with van der Waals surface area (Å²) in [6.07, 6.45) is 1.09. The molecule has 53 heavy (non-hydrogen) atoms. The fourth-order valence-corrected chi connectivity index (χ4v) is 11.6. The molecule has 3 aromatic rings. The van der Waals surface area contributed by atoms with E-state index in [1.54, 1.807) is 26.2 Å². The molecule has 7 aliphatic heterocycles. The van der Waals surface area contributed by atoms with Gasteiger partial charge in [0.15, 0.2) is 40.0 Å². The smallest absolute Gasteiger partial charge is 0.331 e. The van der Waals surface area contributed by atoms with Crippen LogP contribution in [-0.2, 0) is 27.9 Å². The van der Waals surface area contributed by atoms with Gasteiger partial charge in [-0.2, -0.15) is 5.26 Å². The van der Waals surface area contributed by atoms with Crippen molar-refractivity contribution in [1.29, 1.82) is 5.26 Å². The van der Waals surface area contributed by atoms with Crippen LogP contribution in [0, 0.1) is 69.2 Å². The second kappa shape index (κ2) is 13.3. The van der Waals surface area contributed by atoms with Crippen molar-refractivity contribution in [3.63, 3.8) is 0 Å². The molecule has 7 aliphatic rings. The number of likely N-dealkylation sites (N-methyl/N-ethyl adjacent to an activating group) is 1. The third kappa shape index (κ3) is 4.98. The van der Waals surface area contributed by atoms with Crippen molar-refractivity contribution < 1.29 is 87.9 Å². The van der Waals surface area contributed by atoms with E-state index in [4.69, 9.17) is 23.7 Å². The van der Waals surface area contributed by atoms with Crippen LogP contribution in [0.3, 0.4) is 0 Å². The minimum Gasteiger partial charge on any atom is -0.507 e. The van der Waals surface area contributed by atoms with E-state index in [0.717, 1.165) is 22.3 Å². The fraction of sp³-hybridized carbons (Fsp3) is 0.474. The molecule has 13 nitrogen and oxygen atoms in total. The Hall–Kier alpha value is -3.11. The molecule has 2 fully saturated rings.